The third-order valence-electron chi connectivity index (χ3n) is 3.47. The average Bonchev–Trinajstić information content (AvgIpc) is 2.59. The van der Waals surface area contributed by atoms with Gasteiger partial charge in [-0.25, -0.2) is 0 Å². The maximum Gasteiger partial charge on any atom is 0.230 e. The summed E-state index contributed by atoms with van der Waals surface area (Å²) in [6.45, 7) is 2.53. The average molecular weight is 308 g/mol. The zero-order chi connectivity index (χ0) is 15.7. The molecule has 0 radical (unpaired) electrons. The van der Waals surface area contributed by atoms with Crippen molar-refractivity contribution in [3.05, 3.63) is 65.7 Å². The second kappa shape index (κ2) is 8.15. The third-order valence-corrected chi connectivity index (χ3v) is 3.47. The number of para-hydroxylation sites is 2. The van der Waals surface area contributed by atoms with Crippen LogP contribution in [0.1, 0.15) is 11.1 Å². The predicted octanol–water partition coefficient (Wildman–Crippen LogP) is 3.14. The molecule has 0 saturated carbocycles. The molecular formula is C19H20N2O2. The van der Waals surface area contributed by atoms with E-state index in [0.29, 0.717) is 0 Å². The number of nitrogens with one attached hydrogen (secondary N) is 1. The molecule has 0 aliphatic carbocycles. The van der Waals surface area contributed by atoms with Crippen LogP contribution in [0.4, 0.5) is 0 Å². The quantitative estimate of drug-likeness (QED) is 0.813. The molecule has 0 fully saturated rings. The zero-order valence-corrected chi connectivity index (χ0v) is 12.9. The standard InChI is InChI=1S/C19H20N2O2/c1-3-9-18-16(6-1)8-5-11-20-12-13-21-14-17-7-2-4-10-19(17)23-15-22-18/h1-10,14,20H,11-13,15H2/b8-5+,21-14?. The monoisotopic (exact) mass is 308 g/mol. The first-order valence-corrected chi connectivity index (χ1v) is 7.74. The highest BCUT2D eigenvalue weighted by Gasteiger charge is 2.03. The van der Waals surface area contributed by atoms with Gasteiger partial charge in [-0.3, -0.25) is 4.99 Å². The SMILES string of the molecule is C1=NCCNC/C=C/c2ccccc2OCOc2ccccc21. The van der Waals surface area contributed by atoms with E-state index < -0.39 is 0 Å². The molecule has 4 heteroatoms. The number of benzene rings is 2. The van der Waals surface area contributed by atoms with E-state index in [2.05, 4.69) is 22.5 Å². The van der Waals surface area contributed by atoms with Crippen LogP contribution >= 0.6 is 0 Å². The lowest BCUT2D eigenvalue weighted by atomic mass is 10.2. The molecule has 118 valence electrons. The fourth-order valence-corrected chi connectivity index (χ4v) is 2.30. The summed E-state index contributed by atoms with van der Waals surface area (Å²) in [7, 11) is 0. The normalized spacial score (nSPS) is 16.7. The number of nitrogens with zero attached hydrogens (tertiary/aromatic N) is 1. The Morgan fingerprint density at radius 3 is 2.39 bits per heavy atom. The molecule has 3 rings (SSSR count). The number of ether oxygens (including phenoxy) is 2. The van der Waals surface area contributed by atoms with Crippen molar-refractivity contribution in [3.63, 3.8) is 0 Å². The molecule has 2 aromatic carbocycles. The van der Waals surface area contributed by atoms with Gasteiger partial charge in [0.15, 0.2) is 0 Å². The van der Waals surface area contributed by atoms with E-state index in [1.165, 1.54) is 0 Å². The largest absolute Gasteiger partial charge is 0.457 e. The van der Waals surface area contributed by atoms with E-state index >= 15 is 0 Å². The Bertz CT molecular complexity index is 636. The summed E-state index contributed by atoms with van der Waals surface area (Å²) < 4.78 is 11.5. The minimum Gasteiger partial charge on any atom is -0.457 e. The van der Waals surface area contributed by atoms with Crippen LogP contribution in [0.25, 0.3) is 6.08 Å². The van der Waals surface area contributed by atoms with E-state index in [1.807, 2.05) is 54.7 Å². The van der Waals surface area contributed by atoms with Gasteiger partial charge in [-0.1, -0.05) is 42.5 Å². The van der Waals surface area contributed by atoms with Gasteiger partial charge in [-0.15, -0.1) is 0 Å². The predicted molar refractivity (Wildman–Crippen MR) is 93.4 cm³/mol. The zero-order valence-electron chi connectivity index (χ0n) is 12.9. The third kappa shape index (κ3) is 4.44. The first kappa shape index (κ1) is 15.3. The molecular weight excluding hydrogens is 288 g/mol. The van der Waals surface area contributed by atoms with E-state index in [-0.39, 0.29) is 6.79 Å². The summed E-state index contributed by atoms with van der Waals surface area (Å²) in [5.41, 5.74) is 2.00. The summed E-state index contributed by atoms with van der Waals surface area (Å²) in [6.07, 6.45) is 5.99. The number of rotatable bonds is 0. The van der Waals surface area contributed by atoms with Gasteiger partial charge in [0, 0.05) is 30.4 Å². The molecule has 1 aliphatic rings. The summed E-state index contributed by atoms with van der Waals surface area (Å²) >= 11 is 0. The van der Waals surface area contributed by atoms with Crippen molar-refractivity contribution in [2.24, 2.45) is 4.99 Å². The molecule has 0 amide bonds. The molecule has 1 heterocycles. The first-order chi connectivity index (χ1) is 11.4. The van der Waals surface area contributed by atoms with Crippen molar-refractivity contribution in [3.8, 4) is 11.5 Å². The molecule has 0 bridgehead atoms. The van der Waals surface area contributed by atoms with Gasteiger partial charge in [-0.2, -0.15) is 0 Å². The topological polar surface area (TPSA) is 42.9 Å². The number of hydrogen-bond acceptors (Lipinski definition) is 4. The smallest absolute Gasteiger partial charge is 0.230 e. The minimum atomic E-state index is 0.161. The Labute approximate surface area is 136 Å². The van der Waals surface area contributed by atoms with E-state index in [1.54, 1.807) is 0 Å². The first-order valence-electron chi connectivity index (χ1n) is 7.74. The summed E-state index contributed by atoms with van der Waals surface area (Å²) in [5, 5.41) is 3.34. The van der Waals surface area contributed by atoms with E-state index in [9.17, 15) is 0 Å². The fourth-order valence-electron chi connectivity index (χ4n) is 2.30. The van der Waals surface area contributed by atoms with Crippen LogP contribution in [0.2, 0.25) is 0 Å². The molecule has 0 saturated heterocycles. The van der Waals surface area contributed by atoms with Gasteiger partial charge in [0.05, 0.1) is 6.54 Å². The van der Waals surface area contributed by atoms with Crippen molar-refractivity contribution in [1.82, 2.24) is 5.32 Å². The second-order valence-corrected chi connectivity index (χ2v) is 5.12. The van der Waals surface area contributed by atoms with Gasteiger partial charge in [-0.05, 0) is 18.2 Å². The molecule has 0 aromatic heterocycles. The van der Waals surface area contributed by atoms with Crippen LogP contribution in [-0.2, 0) is 0 Å². The van der Waals surface area contributed by atoms with Crippen molar-refractivity contribution in [2.75, 3.05) is 26.4 Å². The Morgan fingerprint density at radius 2 is 1.57 bits per heavy atom. The van der Waals surface area contributed by atoms with Gasteiger partial charge >= 0.3 is 0 Å². The van der Waals surface area contributed by atoms with Crippen molar-refractivity contribution < 1.29 is 9.47 Å². The van der Waals surface area contributed by atoms with Crippen LogP contribution < -0.4 is 14.8 Å². The summed E-state index contributed by atoms with van der Waals surface area (Å²) in [5.74, 6) is 1.58. The lowest BCUT2D eigenvalue weighted by Crippen LogP contribution is -2.17. The lowest BCUT2D eigenvalue weighted by molar-refractivity contribution is 0.119. The van der Waals surface area contributed by atoms with Crippen LogP contribution in [0.15, 0.2) is 59.6 Å². The maximum absolute atomic E-state index is 5.78. The molecule has 1 N–H and O–H groups in total. The summed E-state index contributed by atoms with van der Waals surface area (Å²) in [4.78, 5) is 4.43. The molecule has 4 nitrogen and oxygen atoms in total. The van der Waals surface area contributed by atoms with Crippen molar-refractivity contribution in [2.45, 2.75) is 0 Å². The molecule has 0 atom stereocenters. The van der Waals surface area contributed by atoms with Crippen LogP contribution in [0, 0.1) is 0 Å². The van der Waals surface area contributed by atoms with Crippen LogP contribution in [0.5, 0.6) is 11.5 Å². The van der Waals surface area contributed by atoms with E-state index in [4.69, 9.17) is 9.47 Å². The Kier molecular flexibility index (Phi) is 5.43. The van der Waals surface area contributed by atoms with Gasteiger partial charge in [0.1, 0.15) is 11.5 Å². The highest BCUT2D eigenvalue weighted by molar-refractivity contribution is 5.83. The highest BCUT2D eigenvalue weighted by Crippen LogP contribution is 2.21. The number of hydrogen-bond donors (Lipinski definition) is 1. The van der Waals surface area contributed by atoms with Gasteiger partial charge in [0.2, 0.25) is 6.79 Å². The molecule has 1 aliphatic heterocycles. The second-order valence-electron chi connectivity index (χ2n) is 5.12. The van der Waals surface area contributed by atoms with Crippen LogP contribution in [-0.4, -0.2) is 32.6 Å². The van der Waals surface area contributed by atoms with Crippen molar-refractivity contribution >= 4 is 12.3 Å². The molecule has 0 unspecified atom stereocenters. The number of aliphatic imine (C=N–C) groups is 1. The Balaban J connectivity index is 1.81. The Hall–Kier alpha value is -2.59. The molecule has 2 aromatic rings. The van der Waals surface area contributed by atoms with Crippen molar-refractivity contribution in [1.29, 1.82) is 0 Å². The van der Waals surface area contributed by atoms with E-state index in [0.717, 1.165) is 42.3 Å². The maximum atomic E-state index is 5.78. The molecule has 23 heavy (non-hydrogen) atoms. The minimum absolute atomic E-state index is 0.161. The highest BCUT2D eigenvalue weighted by atomic mass is 16.7. The Morgan fingerprint density at radius 1 is 0.870 bits per heavy atom. The lowest BCUT2D eigenvalue weighted by Gasteiger charge is -2.12. The fraction of sp³-hybridized carbons (Fsp3) is 0.211. The van der Waals surface area contributed by atoms with Gasteiger partial charge in [0.25, 0.3) is 0 Å². The van der Waals surface area contributed by atoms with Gasteiger partial charge < -0.3 is 14.8 Å². The van der Waals surface area contributed by atoms with Crippen LogP contribution in [0.3, 0.4) is 0 Å². The number of fused-ring (bicyclic) bond motifs is 2. The molecule has 0 spiro atoms. The summed E-state index contributed by atoms with van der Waals surface area (Å²) in [6, 6.07) is 15.8.